The normalized spacial score (nSPS) is 20.5. The van der Waals surface area contributed by atoms with E-state index in [4.69, 9.17) is 14.3 Å². The van der Waals surface area contributed by atoms with Gasteiger partial charge in [-0.2, -0.15) is 13.2 Å². The molecule has 2 aromatic heterocycles. The van der Waals surface area contributed by atoms with Crippen LogP contribution in [-0.4, -0.2) is 63.5 Å². The number of aliphatic carboxylic acids is 1. The molecule has 2 aliphatic rings. The number of amides is 2. The number of rotatable bonds is 3. The molecule has 0 bridgehead atoms. The van der Waals surface area contributed by atoms with Crippen molar-refractivity contribution in [1.29, 1.82) is 0 Å². The average Bonchev–Trinajstić information content (AvgIpc) is 3.33. The predicted octanol–water partition coefficient (Wildman–Crippen LogP) is 3.27. The maximum Gasteiger partial charge on any atom is 0.490 e. The molecule has 2 aliphatic heterocycles. The molecule has 1 unspecified atom stereocenters. The number of piperidine rings is 1. The molecular weight excluding hydrogens is 443 g/mol. The number of pyridine rings is 1. The van der Waals surface area contributed by atoms with Crippen LogP contribution in [0.4, 0.5) is 13.2 Å². The van der Waals surface area contributed by atoms with Crippen LogP contribution in [0.2, 0.25) is 0 Å². The zero-order chi connectivity index (χ0) is 24.2. The quantitative estimate of drug-likeness (QED) is 0.743. The summed E-state index contributed by atoms with van der Waals surface area (Å²) in [5.41, 5.74) is 0.642. The molecule has 0 aliphatic carbocycles. The number of alkyl halides is 3. The molecule has 4 rings (SSSR count). The van der Waals surface area contributed by atoms with Crippen molar-refractivity contribution in [2.45, 2.75) is 38.9 Å². The minimum Gasteiger partial charge on any atom is -0.475 e. The van der Waals surface area contributed by atoms with Crippen molar-refractivity contribution in [2.75, 3.05) is 19.6 Å². The van der Waals surface area contributed by atoms with Gasteiger partial charge in [0.25, 0.3) is 5.91 Å². The standard InChI is InChI=1S/C20H23N3O3.C2HF3O2/c1-15-3-4-17(26-15)18(24)23-11-2-7-20(14-23)8-12-22(19(20)25)13-16-5-9-21-10-6-16;3-2(4,5)1(6)7/h3-6,9-10H,2,7-8,11-14H2,1H3;(H,6,7). The van der Waals surface area contributed by atoms with Gasteiger partial charge in [-0.25, -0.2) is 4.79 Å². The lowest BCUT2D eigenvalue weighted by atomic mass is 9.78. The van der Waals surface area contributed by atoms with Crippen LogP contribution >= 0.6 is 0 Å². The molecular formula is C22H24F3N3O5. The minimum absolute atomic E-state index is 0.113. The first-order valence-electron chi connectivity index (χ1n) is 10.4. The fraction of sp³-hybridized carbons (Fsp3) is 0.455. The highest BCUT2D eigenvalue weighted by Crippen LogP contribution is 2.41. The number of furan rings is 1. The zero-order valence-corrected chi connectivity index (χ0v) is 18.0. The first kappa shape index (κ1) is 24.3. The Morgan fingerprint density at radius 2 is 1.82 bits per heavy atom. The second-order valence-corrected chi connectivity index (χ2v) is 8.16. The molecule has 0 aromatic carbocycles. The third-order valence-corrected chi connectivity index (χ3v) is 5.78. The summed E-state index contributed by atoms with van der Waals surface area (Å²) in [4.78, 5) is 42.5. The lowest BCUT2D eigenvalue weighted by Crippen LogP contribution is -2.49. The maximum absolute atomic E-state index is 13.1. The molecule has 11 heteroatoms. The van der Waals surface area contributed by atoms with Crippen LogP contribution in [0.3, 0.4) is 0 Å². The fourth-order valence-electron chi connectivity index (χ4n) is 4.14. The Kier molecular flexibility index (Phi) is 7.09. The summed E-state index contributed by atoms with van der Waals surface area (Å²) in [5, 5.41) is 7.12. The number of nitrogens with zero attached hydrogens (tertiary/aromatic N) is 3. The van der Waals surface area contributed by atoms with Crippen molar-refractivity contribution in [1.82, 2.24) is 14.8 Å². The van der Waals surface area contributed by atoms with Gasteiger partial charge in [0.15, 0.2) is 5.76 Å². The van der Waals surface area contributed by atoms with E-state index in [2.05, 4.69) is 4.98 Å². The van der Waals surface area contributed by atoms with Crippen molar-refractivity contribution >= 4 is 17.8 Å². The Morgan fingerprint density at radius 3 is 2.39 bits per heavy atom. The molecule has 2 aromatic rings. The maximum atomic E-state index is 13.1. The Balaban J connectivity index is 0.000000383. The molecule has 0 radical (unpaired) electrons. The number of hydrogen-bond acceptors (Lipinski definition) is 5. The molecule has 4 heterocycles. The largest absolute Gasteiger partial charge is 0.490 e. The second kappa shape index (κ2) is 9.63. The molecule has 1 spiro atoms. The van der Waals surface area contributed by atoms with Gasteiger partial charge in [0.1, 0.15) is 5.76 Å². The van der Waals surface area contributed by atoms with Crippen molar-refractivity contribution in [3.8, 4) is 0 Å². The highest BCUT2D eigenvalue weighted by atomic mass is 19.4. The number of hydrogen-bond donors (Lipinski definition) is 1. The Morgan fingerprint density at radius 1 is 1.15 bits per heavy atom. The summed E-state index contributed by atoms with van der Waals surface area (Å²) < 4.78 is 37.2. The number of carboxylic acids is 1. The summed E-state index contributed by atoms with van der Waals surface area (Å²) in [5.74, 6) is -1.62. The third-order valence-electron chi connectivity index (χ3n) is 5.78. The first-order chi connectivity index (χ1) is 15.5. The fourth-order valence-corrected chi connectivity index (χ4v) is 4.14. The number of carbonyl (C=O) groups is 3. The van der Waals surface area contributed by atoms with E-state index in [1.54, 1.807) is 29.4 Å². The lowest BCUT2D eigenvalue weighted by Gasteiger charge is -2.38. The van der Waals surface area contributed by atoms with Gasteiger partial charge in [-0.3, -0.25) is 14.6 Å². The van der Waals surface area contributed by atoms with E-state index in [9.17, 15) is 22.8 Å². The van der Waals surface area contributed by atoms with Gasteiger partial charge in [0, 0.05) is 38.6 Å². The summed E-state index contributed by atoms with van der Waals surface area (Å²) >= 11 is 0. The first-order valence-corrected chi connectivity index (χ1v) is 10.4. The molecule has 1 atom stereocenters. The van der Waals surface area contributed by atoms with E-state index in [1.807, 2.05) is 24.0 Å². The van der Waals surface area contributed by atoms with E-state index < -0.39 is 17.6 Å². The number of halogens is 3. The van der Waals surface area contributed by atoms with Crippen LogP contribution in [0.5, 0.6) is 0 Å². The van der Waals surface area contributed by atoms with E-state index in [-0.39, 0.29) is 11.8 Å². The molecule has 8 nitrogen and oxygen atoms in total. The topological polar surface area (TPSA) is 104 Å². The van der Waals surface area contributed by atoms with Gasteiger partial charge >= 0.3 is 12.1 Å². The number of carboxylic acid groups (broad SMARTS) is 1. The van der Waals surface area contributed by atoms with Gasteiger partial charge < -0.3 is 19.3 Å². The average molecular weight is 467 g/mol. The minimum atomic E-state index is -5.08. The Bertz CT molecular complexity index is 1010. The Labute approximate surface area is 188 Å². The number of aryl methyl sites for hydroxylation is 1. The Hall–Kier alpha value is -3.37. The highest BCUT2D eigenvalue weighted by molar-refractivity contribution is 5.93. The number of aromatic nitrogens is 1. The monoisotopic (exact) mass is 467 g/mol. The van der Waals surface area contributed by atoms with Gasteiger partial charge in [0.2, 0.25) is 5.91 Å². The summed E-state index contributed by atoms with van der Waals surface area (Å²) in [6.45, 7) is 4.33. The smallest absolute Gasteiger partial charge is 0.475 e. The SMILES string of the molecule is Cc1ccc(C(=O)N2CCCC3(CCN(Cc4ccncc4)C3=O)C2)o1.O=C(O)C(F)(F)F. The summed E-state index contributed by atoms with van der Waals surface area (Å²) in [6.07, 6.45) is 0.911. The molecule has 33 heavy (non-hydrogen) atoms. The van der Waals surface area contributed by atoms with Gasteiger partial charge in [0.05, 0.1) is 5.41 Å². The number of likely N-dealkylation sites (tertiary alicyclic amines) is 2. The molecule has 2 amide bonds. The molecule has 1 N–H and O–H groups in total. The lowest BCUT2D eigenvalue weighted by molar-refractivity contribution is -0.192. The summed E-state index contributed by atoms with van der Waals surface area (Å²) in [7, 11) is 0. The van der Waals surface area contributed by atoms with E-state index >= 15 is 0 Å². The zero-order valence-electron chi connectivity index (χ0n) is 18.0. The highest BCUT2D eigenvalue weighted by Gasteiger charge is 2.49. The van der Waals surface area contributed by atoms with Crippen LogP contribution < -0.4 is 0 Å². The van der Waals surface area contributed by atoms with Gasteiger partial charge in [-0.05, 0) is 56.0 Å². The summed E-state index contributed by atoms with van der Waals surface area (Å²) in [6, 6.07) is 7.39. The van der Waals surface area contributed by atoms with Crippen LogP contribution in [0.15, 0.2) is 41.1 Å². The van der Waals surface area contributed by atoms with Crippen LogP contribution in [0.1, 0.15) is 41.1 Å². The van der Waals surface area contributed by atoms with Gasteiger partial charge in [-0.15, -0.1) is 0 Å². The van der Waals surface area contributed by atoms with Crippen LogP contribution in [-0.2, 0) is 16.1 Å². The van der Waals surface area contributed by atoms with E-state index in [0.29, 0.717) is 25.4 Å². The second-order valence-electron chi connectivity index (χ2n) is 8.16. The molecule has 0 saturated carbocycles. The van der Waals surface area contributed by atoms with Crippen molar-refractivity contribution in [3.63, 3.8) is 0 Å². The van der Waals surface area contributed by atoms with Crippen LogP contribution in [0, 0.1) is 12.3 Å². The van der Waals surface area contributed by atoms with Crippen molar-refractivity contribution in [2.24, 2.45) is 5.41 Å². The van der Waals surface area contributed by atoms with E-state index in [0.717, 1.165) is 37.1 Å². The molecule has 2 fully saturated rings. The van der Waals surface area contributed by atoms with Gasteiger partial charge in [-0.1, -0.05) is 0 Å². The van der Waals surface area contributed by atoms with Crippen LogP contribution in [0.25, 0.3) is 0 Å². The van der Waals surface area contributed by atoms with E-state index in [1.165, 1.54) is 0 Å². The third kappa shape index (κ3) is 5.71. The van der Waals surface area contributed by atoms with Crippen molar-refractivity contribution in [3.05, 3.63) is 53.7 Å². The number of carbonyl (C=O) groups excluding carboxylic acids is 2. The molecule has 2 saturated heterocycles. The predicted molar refractivity (Wildman–Crippen MR) is 109 cm³/mol. The molecule has 178 valence electrons. The van der Waals surface area contributed by atoms with Crippen molar-refractivity contribution < 1.29 is 37.1 Å².